The summed E-state index contributed by atoms with van der Waals surface area (Å²) in [7, 11) is 0. The van der Waals surface area contributed by atoms with E-state index >= 15 is 0 Å². The van der Waals surface area contributed by atoms with Crippen LogP contribution in [0.3, 0.4) is 0 Å². The third kappa shape index (κ3) is 4.03. The van der Waals surface area contributed by atoms with Crippen molar-refractivity contribution in [3.63, 3.8) is 0 Å². The van der Waals surface area contributed by atoms with E-state index in [0.717, 1.165) is 17.0 Å². The first kappa shape index (κ1) is 16.7. The summed E-state index contributed by atoms with van der Waals surface area (Å²) >= 11 is 0. The molecule has 0 aliphatic carbocycles. The quantitative estimate of drug-likeness (QED) is 0.618. The summed E-state index contributed by atoms with van der Waals surface area (Å²) < 4.78 is 13.2. The first-order valence-corrected chi connectivity index (χ1v) is 8.02. The minimum atomic E-state index is 0.0116. The number of ketones is 1. The van der Waals surface area contributed by atoms with Gasteiger partial charge in [0.2, 0.25) is 0 Å². The maximum atomic E-state index is 11.6. The smallest absolute Gasteiger partial charge is 0.159 e. The number of hydrogen-bond acceptors (Lipinski definition) is 5. The van der Waals surface area contributed by atoms with Crippen molar-refractivity contribution in [2.75, 3.05) is 6.61 Å². The van der Waals surface area contributed by atoms with Crippen molar-refractivity contribution in [1.29, 1.82) is 0 Å². The number of carbonyl (C=O) groups excluding carboxylic acids is 1. The van der Waals surface area contributed by atoms with Gasteiger partial charge in [-0.1, -0.05) is 6.07 Å². The van der Waals surface area contributed by atoms with Crippen LogP contribution in [0.25, 0.3) is 5.69 Å². The van der Waals surface area contributed by atoms with Gasteiger partial charge in [-0.2, -0.15) is 5.10 Å². The third-order valence-corrected chi connectivity index (χ3v) is 3.66. The highest BCUT2D eigenvalue weighted by Gasteiger charge is 2.09. The summed E-state index contributed by atoms with van der Waals surface area (Å²) in [6, 6.07) is 13.0. The molecule has 0 radical (unpaired) electrons. The van der Waals surface area contributed by atoms with Crippen LogP contribution >= 0.6 is 0 Å². The molecule has 0 atom stereocenters. The Morgan fingerprint density at radius 2 is 2.04 bits per heavy atom. The fraction of sp³-hybridized carbons (Fsp3) is 0.211. The van der Waals surface area contributed by atoms with Gasteiger partial charge in [0.05, 0.1) is 12.3 Å². The molecule has 0 bridgehead atoms. The SMILES string of the molecule is CCOc1ccc(C(C)=O)cc1COc1cccc(-n2cncn2)c1. The molecule has 3 rings (SSSR count). The van der Waals surface area contributed by atoms with E-state index in [9.17, 15) is 4.79 Å². The number of Topliss-reactive ketones (excluding diaryl/α,β-unsaturated/α-hetero) is 1. The molecule has 6 nitrogen and oxygen atoms in total. The molecule has 0 aliphatic heterocycles. The topological polar surface area (TPSA) is 66.2 Å². The fourth-order valence-corrected chi connectivity index (χ4v) is 2.43. The van der Waals surface area contributed by atoms with Gasteiger partial charge in [0, 0.05) is 17.2 Å². The molecule has 6 heteroatoms. The van der Waals surface area contributed by atoms with Crippen molar-refractivity contribution in [3.8, 4) is 17.2 Å². The molecule has 0 aliphatic rings. The zero-order valence-corrected chi connectivity index (χ0v) is 14.2. The molecule has 128 valence electrons. The number of ether oxygens (including phenoxy) is 2. The van der Waals surface area contributed by atoms with Crippen LogP contribution in [0.15, 0.2) is 55.1 Å². The van der Waals surface area contributed by atoms with E-state index in [1.807, 2.05) is 43.3 Å². The highest BCUT2D eigenvalue weighted by molar-refractivity contribution is 5.94. The molecule has 0 fully saturated rings. The van der Waals surface area contributed by atoms with Crippen LogP contribution < -0.4 is 9.47 Å². The van der Waals surface area contributed by atoms with Crippen LogP contribution in [0.1, 0.15) is 29.8 Å². The molecule has 1 heterocycles. The van der Waals surface area contributed by atoms with Gasteiger partial charge in [-0.3, -0.25) is 4.79 Å². The van der Waals surface area contributed by atoms with E-state index < -0.39 is 0 Å². The van der Waals surface area contributed by atoms with E-state index in [4.69, 9.17) is 9.47 Å². The summed E-state index contributed by atoms with van der Waals surface area (Å²) in [4.78, 5) is 15.6. The van der Waals surface area contributed by atoms with Crippen molar-refractivity contribution in [1.82, 2.24) is 14.8 Å². The van der Waals surface area contributed by atoms with Crippen LogP contribution in [-0.4, -0.2) is 27.2 Å². The normalized spacial score (nSPS) is 10.5. The second-order valence-electron chi connectivity index (χ2n) is 5.44. The zero-order chi connectivity index (χ0) is 17.6. The van der Waals surface area contributed by atoms with Crippen LogP contribution in [0.5, 0.6) is 11.5 Å². The summed E-state index contributed by atoms with van der Waals surface area (Å²) in [6.07, 6.45) is 3.11. The highest BCUT2D eigenvalue weighted by Crippen LogP contribution is 2.24. The van der Waals surface area contributed by atoms with Crippen molar-refractivity contribution in [2.24, 2.45) is 0 Å². The van der Waals surface area contributed by atoms with Gasteiger partial charge in [-0.05, 0) is 44.2 Å². The third-order valence-electron chi connectivity index (χ3n) is 3.66. The molecule has 25 heavy (non-hydrogen) atoms. The van der Waals surface area contributed by atoms with Crippen molar-refractivity contribution in [2.45, 2.75) is 20.5 Å². The minimum absolute atomic E-state index is 0.0116. The monoisotopic (exact) mass is 337 g/mol. The molecule has 2 aromatic carbocycles. The van der Waals surface area contributed by atoms with Gasteiger partial charge in [-0.25, -0.2) is 9.67 Å². The number of carbonyl (C=O) groups is 1. The zero-order valence-electron chi connectivity index (χ0n) is 14.2. The number of hydrogen-bond donors (Lipinski definition) is 0. The molecular formula is C19H19N3O3. The molecule has 3 aromatic rings. The van der Waals surface area contributed by atoms with Crippen LogP contribution in [0, 0.1) is 0 Å². The van der Waals surface area contributed by atoms with Gasteiger partial charge in [0.15, 0.2) is 5.78 Å². The maximum Gasteiger partial charge on any atom is 0.159 e. The number of nitrogens with zero attached hydrogens (tertiary/aromatic N) is 3. The summed E-state index contributed by atoms with van der Waals surface area (Å²) in [5, 5.41) is 4.11. The second-order valence-corrected chi connectivity index (χ2v) is 5.44. The summed E-state index contributed by atoms with van der Waals surface area (Å²) in [6.45, 7) is 4.32. The second kappa shape index (κ2) is 7.61. The fourth-order valence-electron chi connectivity index (χ4n) is 2.43. The van der Waals surface area contributed by atoms with Crippen LogP contribution in [0.2, 0.25) is 0 Å². The summed E-state index contributed by atoms with van der Waals surface area (Å²) in [5.74, 6) is 1.43. The lowest BCUT2D eigenvalue weighted by molar-refractivity contribution is 0.101. The Labute approximate surface area is 146 Å². The lowest BCUT2D eigenvalue weighted by atomic mass is 10.1. The Morgan fingerprint density at radius 1 is 1.16 bits per heavy atom. The molecule has 0 unspecified atom stereocenters. The van der Waals surface area contributed by atoms with Gasteiger partial charge < -0.3 is 9.47 Å². The molecule has 0 spiro atoms. The van der Waals surface area contributed by atoms with Crippen molar-refractivity contribution >= 4 is 5.78 Å². The van der Waals surface area contributed by atoms with Crippen molar-refractivity contribution in [3.05, 3.63) is 66.2 Å². The molecule has 0 N–H and O–H groups in total. The lowest BCUT2D eigenvalue weighted by Gasteiger charge is -2.13. The lowest BCUT2D eigenvalue weighted by Crippen LogP contribution is -2.04. The summed E-state index contributed by atoms with van der Waals surface area (Å²) in [5.41, 5.74) is 2.33. The average Bonchev–Trinajstić information content (AvgIpc) is 3.16. The standard InChI is InChI=1S/C19H19N3O3/c1-3-24-19-8-7-15(14(2)23)9-16(19)11-25-18-6-4-5-17(10-18)22-13-20-12-21-22/h4-10,12-13H,3,11H2,1-2H3. The van der Waals surface area contributed by atoms with Gasteiger partial charge in [0.25, 0.3) is 0 Å². The Balaban J connectivity index is 1.80. The first-order chi connectivity index (χ1) is 12.2. The first-order valence-electron chi connectivity index (χ1n) is 8.02. The van der Waals surface area contributed by atoms with Gasteiger partial charge >= 0.3 is 0 Å². The van der Waals surface area contributed by atoms with Gasteiger partial charge in [-0.15, -0.1) is 0 Å². The van der Waals surface area contributed by atoms with E-state index in [-0.39, 0.29) is 5.78 Å². The maximum absolute atomic E-state index is 11.6. The van der Waals surface area contributed by atoms with E-state index in [1.54, 1.807) is 24.0 Å². The molecule has 1 aromatic heterocycles. The molecule has 0 saturated carbocycles. The highest BCUT2D eigenvalue weighted by atomic mass is 16.5. The van der Waals surface area contributed by atoms with Crippen molar-refractivity contribution < 1.29 is 14.3 Å². The molecule has 0 saturated heterocycles. The molecule has 0 amide bonds. The Hall–Kier alpha value is -3.15. The van der Waals surface area contributed by atoms with Crippen LogP contribution in [-0.2, 0) is 6.61 Å². The largest absolute Gasteiger partial charge is 0.493 e. The minimum Gasteiger partial charge on any atom is -0.493 e. The molecular weight excluding hydrogens is 318 g/mol. The van der Waals surface area contributed by atoms with E-state index in [0.29, 0.717) is 24.5 Å². The number of rotatable bonds is 7. The predicted octanol–water partition coefficient (Wildman–Crippen LogP) is 3.45. The Kier molecular flexibility index (Phi) is 5.09. The van der Waals surface area contributed by atoms with E-state index in [2.05, 4.69) is 10.1 Å². The number of aromatic nitrogens is 3. The van der Waals surface area contributed by atoms with E-state index in [1.165, 1.54) is 6.33 Å². The predicted molar refractivity (Wildman–Crippen MR) is 93.3 cm³/mol. The van der Waals surface area contributed by atoms with Gasteiger partial charge in [0.1, 0.15) is 30.8 Å². The van der Waals surface area contributed by atoms with Crippen LogP contribution in [0.4, 0.5) is 0 Å². The average molecular weight is 337 g/mol. The Morgan fingerprint density at radius 3 is 2.76 bits per heavy atom. The number of benzene rings is 2. The Bertz CT molecular complexity index is 860.